The fraction of sp³-hybridized carbons (Fsp3) is 0.632. The van der Waals surface area contributed by atoms with Gasteiger partial charge >= 0.3 is 0 Å². The molecule has 0 unspecified atom stereocenters. The number of carbonyl (C=O) groups is 1. The van der Waals surface area contributed by atoms with Crippen molar-refractivity contribution in [3.63, 3.8) is 0 Å². The number of nitrogens with zero attached hydrogens (tertiary/aromatic N) is 1. The van der Waals surface area contributed by atoms with Crippen molar-refractivity contribution in [2.24, 2.45) is 5.92 Å². The molecule has 5 nitrogen and oxygen atoms in total. The van der Waals surface area contributed by atoms with Crippen LogP contribution < -0.4 is 5.32 Å². The number of carbonyl (C=O) groups excluding carboxylic acids is 1. The van der Waals surface area contributed by atoms with Crippen LogP contribution in [0.5, 0.6) is 0 Å². The third-order valence-corrected chi connectivity index (χ3v) is 7.44. The average Bonchev–Trinajstić information content (AvgIpc) is 2.58. The average molecular weight is 367 g/mol. The number of piperidine rings is 1. The van der Waals surface area contributed by atoms with Gasteiger partial charge in [0.15, 0.2) is 0 Å². The lowest BCUT2D eigenvalue weighted by Crippen LogP contribution is -2.43. The molecule has 25 heavy (non-hydrogen) atoms. The monoisotopic (exact) mass is 366 g/mol. The molecular formula is C19H30N2O3S. The van der Waals surface area contributed by atoms with Crippen molar-refractivity contribution < 1.29 is 13.2 Å². The fourth-order valence-electron chi connectivity index (χ4n) is 3.45. The summed E-state index contributed by atoms with van der Waals surface area (Å²) in [5, 5.41) is 2.91. The molecule has 140 valence electrons. The van der Waals surface area contributed by atoms with Gasteiger partial charge in [0.05, 0.1) is 4.90 Å². The van der Waals surface area contributed by atoms with Crippen LogP contribution in [0.15, 0.2) is 11.0 Å². The van der Waals surface area contributed by atoms with Crippen molar-refractivity contribution in [2.75, 3.05) is 19.6 Å². The standard InChI is InChI=1S/C19H30N2O3S/c1-6-9-20-19(22)17-7-10-21(11-8-17)25(23,24)18-15(4)13(2)12-14(3)16(18)5/h12,17H,6-11H2,1-5H3,(H,20,22). The fourth-order valence-corrected chi connectivity index (χ4v) is 5.49. The Hall–Kier alpha value is -1.40. The third kappa shape index (κ3) is 4.06. The normalized spacial score (nSPS) is 16.8. The molecule has 1 heterocycles. The van der Waals surface area contributed by atoms with E-state index in [4.69, 9.17) is 0 Å². The van der Waals surface area contributed by atoms with Crippen LogP contribution in [0.1, 0.15) is 48.4 Å². The number of benzene rings is 1. The Kier molecular flexibility index (Phi) is 6.27. The van der Waals surface area contributed by atoms with Gasteiger partial charge in [-0.25, -0.2) is 8.42 Å². The first-order chi connectivity index (χ1) is 11.7. The second kappa shape index (κ2) is 7.87. The molecule has 0 saturated carbocycles. The van der Waals surface area contributed by atoms with E-state index in [1.807, 2.05) is 40.7 Å². The Labute approximate surface area is 151 Å². The summed E-state index contributed by atoms with van der Waals surface area (Å²) < 4.78 is 28.0. The highest BCUT2D eigenvalue weighted by Gasteiger charge is 2.34. The quantitative estimate of drug-likeness (QED) is 0.871. The van der Waals surface area contributed by atoms with Crippen LogP contribution in [-0.4, -0.2) is 38.3 Å². The number of sulfonamides is 1. The summed E-state index contributed by atoms with van der Waals surface area (Å²) in [5.41, 5.74) is 3.64. The molecule has 1 aromatic carbocycles. The van der Waals surface area contributed by atoms with Crippen LogP contribution in [-0.2, 0) is 14.8 Å². The summed E-state index contributed by atoms with van der Waals surface area (Å²) >= 11 is 0. The Bertz CT molecular complexity index is 722. The molecule has 0 radical (unpaired) electrons. The highest BCUT2D eigenvalue weighted by atomic mass is 32.2. The van der Waals surface area contributed by atoms with E-state index in [1.54, 1.807) is 4.31 Å². The van der Waals surface area contributed by atoms with Crippen molar-refractivity contribution in [2.45, 2.75) is 58.8 Å². The molecule has 1 amide bonds. The zero-order valence-corrected chi connectivity index (χ0v) is 16.8. The van der Waals surface area contributed by atoms with Gasteiger partial charge < -0.3 is 5.32 Å². The van der Waals surface area contributed by atoms with Crippen molar-refractivity contribution in [1.82, 2.24) is 9.62 Å². The Morgan fingerprint density at radius 2 is 1.64 bits per heavy atom. The van der Waals surface area contributed by atoms with Crippen molar-refractivity contribution in [1.29, 1.82) is 0 Å². The topological polar surface area (TPSA) is 66.5 Å². The van der Waals surface area contributed by atoms with Crippen molar-refractivity contribution in [3.05, 3.63) is 28.3 Å². The van der Waals surface area contributed by atoms with Gasteiger partial charge in [-0.05, 0) is 69.2 Å². The molecule has 0 aromatic heterocycles. The van der Waals surface area contributed by atoms with Crippen LogP contribution in [0.4, 0.5) is 0 Å². The zero-order chi connectivity index (χ0) is 18.8. The minimum atomic E-state index is -3.53. The van der Waals surface area contributed by atoms with Gasteiger partial charge in [0, 0.05) is 25.6 Å². The number of hydrogen-bond acceptors (Lipinski definition) is 3. The first-order valence-electron chi connectivity index (χ1n) is 9.05. The minimum absolute atomic E-state index is 0.0534. The molecule has 0 aliphatic carbocycles. The second-order valence-corrected chi connectivity index (χ2v) is 8.93. The largest absolute Gasteiger partial charge is 0.356 e. The molecule has 1 aliphatic heterocycles. The van der Waals surface area contributed by atoms with Gasteiger partial charge in [-0.15, -0.1) is 0 Å². The molecule has 1 aromatic rings. The van der Waals surface area contributed by atoms with Crippen molar-refractivity contribution >= 4 is 15.9 Å². The molecule has 2 rings (SSSR count). The summed E-state index contributed by atoms with van der Waals surface area (Å²) in [5.74, 6) is -0.0305. The van der Waals surface area contributed by atoms with E-state index in [9.17, 15) is 13.2 Å². The van der Waals surface area contributed by atoms with Gasteiger partial charge in [0.1, 0.15) is 0 Å². The van der Waals surface area contributed by atoms with E-state index in [0.717, 1.165) is 28.7 Å². The Morgan fingerprint density at radius 3 is 2.12 bits per heavy atom. The molecule has 6 heteroatoms. The summed E-state index contributed by atoms with van der Waals surface area (Å²) in [6.45, 7) is 11.1. The van der Waals surface area contributed by atoms with E-state index in [-0.39, 0.29) is 11.8 Å². The highest BCUT2D eigenvalue weighted by molar-refractivity contribution is 7.89. The number of rotatable bonds is 5. The second-order valence-electron chi connectivity index (χ2n) is 7.06. The zero-order valence-electron chi connectivity index (χ0n) is 16.0. The number of hydrogen-bond donors (Lipinski definition) is 1. The van der Waals surface area contributed by atoms with E-state index in [1.165, 1.54) is 0 Å². The van der Waals surface area contributed by atoms with Crippen LogP contribution in [0.2, 0.25) is 0 Å². The van der Waals surface area contributed by atoms with Crippen LogP contribution >= 0.6 is 0 Å². The predicted molar refractivity (Wildman–Crippen MR) is 100 cm³/mol. The van der Waals surface area contributed by atoms with Crippen LogP contribution in [0.3, 0.4) is 0 Å². The van der Waals surface area contributed by atoms with E-state index >= 15 is 0 Å². The van der Waals surface area contributed by atoms with E-state index in [2.05, 4.69) is 5.32 Å². The molecule has 1 N–H and O–H groups in total. The molecule has 0 atom stereocenters. The number of nitrogens with one attached hydrogen (secondary N) is 1. The molecule has 0 bridgehead atoms. The molecule has 1 saturated heterocycles. The molecule has 1 fully saturated rings. The summed E-state index contributed by atoms with van der Waals surface area (Å²) in [4.78, 5) is 12.5. The lowest BCUT2D eigenvalue weighted by Gasteiger charge is -2.31. The van der Waals surface area contributed by atoms with E-state index < -0.39 is 10.0 Å². The van der Waals surface area contributed by atoms with Gasteiger partial charge in [-0.3, -0.25) is 4.79 Å². The minimum Gasteiger partial charge on any atom is -0.356 e. The summed E-state index contributed by atoms with van der Waals surface area (Å²) in [7, 11) is -3.53. The predicted octanol–water partition coefficient (Wildman–Crippen LogP) is 2.85. The number of amides is 1. The smallest absolute Gasteiger partial charge is 0.243 e. The Balaban J connectivity index is 2.20. The van der Waals surface area contributed by atoms with Gasteiger partial charge in [-0.2, -0.15) is 4.31 Å². The first-order valence-corrected chi connectivity index (χ1v) is 10.5. The third-order valence-electron chi connectivity index (χ3n) is 5.27. The highest BCUT2D eigenvalue weighted by Crippen LogP contribution is 2.31. The molecular weight excluding hydrogens is 336 g/mol. The SMILES string of the molecule is CCCNC(=O)C1CCN(S(=O)(=O)c2c(C)c(C)cc(C)c2C)CC1. The summed E-state index contributed by atoms with van der Waals surface area (Å²) in [6, 6.07) is 2.04. The Morgan fingerprint density at radius 1 is 1.12 bits per heavy atom. The van der Waals surface area contributed by atoms with Crippen molar-refractivity contribution in [3.8, 4) is 0 Å². The van der Waals surface area contributed by atoms with Gasteiger partial charge in [0.25, 0.3) is 0 Å². The summed E-state index contributed by atoms with van der Waals surface area (Å²) in [6.07, 6.45) is 2.07. The lowest BCUT2D eigenvalue weighted by atomic mass is 9.97. The maximum Gasteiger partial charge on any atom is 0.243 e. The van der Waals surface area contributed by atoms with Gasteiger partial charge in [0.2, 0.25) is 15.9 Å². The van der Waals surface area contributed by atoms with Crippen LogP contribution in [0.25, 0.3) is 0 Å². The maximum absolute atomic E-state index is 13.2. The molecule has 1 aliphatic rings. The number of aryl methyl sites for hydroxylation is 2. The maximum atomic E-state index is 13.2. The van der Waals surface area contributed by atoms with E-state index in [0.29, 0.717) is 37.4 Å². The molecule has 0 spiro atoms. The lowest BCUT2D eigenvalue weighted by molar-refractivity contribution is -0.126. The first kappa shape index (κ1) is 19.9. The van der Waals surface area contributed by atoms with Gasteiger partial charge in [-0.1, -0.05) is 13.0 Å². The van der Waals surface area contributed by atoms with Crippen LogP contribution in [0, 0.1) is 33.6 Å².